The first-order valence-electron chi connectivity index (χ1n) is 13.0. The van der Waals surface area contributed by atoms with Crippen molar-refractivity contribution in [1.29, 1.82) is 0 Å². The van der Waals surface area contributed by atoms with Gasteiger partial charge in [0.25, 0.3) is 0 Å². The zero-order valence-corrected chi connectivity index (χ0v) is 23.5. The lowest BCUT2D eigenvalue weighted by Gasteiger charge is -2.44. The maximum absolute atomic E-state index is 13.2. The van der Waals surface area contributed by atoms with Crippen LogP contribution in [-0.4, -0.2) is 83.0 Å². The molecule has 0 unspecified atom stereocenters. The number of aromatic hydroxyl groups is 2. The molecule has 1 saturated heterocycles. The second kappa shape index (κ2) is 12.6. The van der Waals surface area contributed by atoms with Gasteiger partial charge in [0.15, 0.2) is 36.2 Å². The van der Waals surface area contributed by atoms with Crippen molar-refractivity contribution in [3.8, 4) is 11.5 Å². The number of rotatable bonds is 8. The third kappa shape index (κ3) is 6.49. The Bertz CT molecular complexity index is 1490. The molecule has 0 bridgehead atoms. The fraction of sp³-hybridized carbons (Fsp3) is 0.379. The van der Waals surface area contributed by atoms with Crippen LogP contribution in [-0.2, 0) is 54.2 Å². The van der Waals surface area contributed by atoms with Crippen LogP contribution >= 0.6 is 0 Å². The Morgan fingerprint density at radius 2 is 1.30 bits per heavy atom. The highest BCUT2D eigenvalue weighted by Gasteiger charge is 2.53. The van der Waals surface area contributed by atoms with Crippen molar-refractivity contribution in [3.63, 3.8) is 0 Å². The second-order valence-electron chi connectivity index (χ2n) is 9.74. The average molecular weight is 601 g/mol. The van der Waals surface area contributed by atoms with Gasteiger partial charge in [-0.2, -0.15) is 0 Å². The second-order valence-corrected chi connectivity index (χ2v) is 9.74. The van der Waals surface area contributed by atoms with E-state index in [1.165, 1.54) is 12.1 Å². The number of hydrogen-bond acceptors (Lipinski definition) is 14. The first kappa shape index (κ1) is 31.1. The van der Waals surface area contributed by atoms with E-state index in [0.717, 1.165) is 33.8 Å². The van der Waals surface area contributed by atoms with Crippen LogP contribution in [0.5, 0.6) is 11.5 Å². The number of carbonyl (C=O) groups is 6. The quantitative estimate of drug-likeness (QED) is 0.214. The van der Waals surface area contributed by atoms with E-state index in [2.05, 4.69) is 0 Å². The van der Waals surface area contributed by atoms with E-state index in [-0.39, 0.29) is 22.3 Å². The van der Waals surface area contributed by atoms with Gasteiger partial charge < -0.3 is 38.6 Å². The molecule has 4 rings (SSSR count). The predicted molar refractivity (Wildman–Crippen MR) is 140 cm³/mol. The van der Waals surface area contributed by atoms with Gasteiger partial charge in [-0.05, 0) is 6.07 Å². The number of phenols is 2. The fourth-order valence-electron chi connectivity index (χ4n) is 4.92. The monoisotopic (exact) mass is 600 g/mol. The predicted octanol–water partition coefficient (Wildman–Crippen LogP) is 1.47. The van der Waals surface area contributed by atoms with Crippen molar-refractivity contribution < 1.29 is 67.4 Å². The molecule has 0 radical (unpaired) electrons. The lowest BCUT2D eigenvalue weighted by Crippen LogP contribution is -2.62. The van der Waals surface area contributed by atoms with Gasteiger partial charge in [-0.15, -0.1) is 0 Å². The lowest BCUT2D eigenvalue weighted by molar-refractivity contribution is -0.310. The molecule has 1 aliphatic heterocycles. The van der Waals surface area contributed by atoms with Crippen LogP contribution < -0.4 is 0 Å². The van der Waals surface area contributed by atoms with E-state index in [1.54, 1.807) is 12.1 Å². The number of fused-ring (bicyclic) bond motifs is 2. The molecule has 43 heavy (non-hydrogen) atoms. The summed E-state index contributed by atoms with van der Waals surface area (Å²) in [5.41, 5.74) is -0.853. The number of esters is 4. The molecule has 1 heterocycles. The van der Waals surface area contributed by atoms with Crippen LogP contribution in [0.4, 0.5) is 0 Å². The molecule has 2 aliphatic rings. The maximum Gasteiger partial charge on any atom is 0.303 e. The van der Waals surface area contributed by atoms with E-state index in [9.17, 15) is 39.0 Å². The zero-order valence-electron chi connectivity index (χ0n) is 23.5. The highest BCUT2D eigenvalue weighted by Crippen LogP contribution is 2.41. The van der Waals surface area contributed by atoms with Gasteiger partial charge in [0, 0.05) is 44.4 Å². The normalized spacial score (nSPS) is 22.6. The van der Waals surface area contributed by atoms with Crippen molar-refractivity contribution in [1.82, 2.24) is 0 Å². The number of hydrogen-bond donors (Lipinski definition) is 2. The first-order valence-corrected chi connectivity index (χ1v) is 13.0. The molecule has 14 nitrogen and oxygen atoms in total. The summed E-state index contributed by atoms with van der Waals surface area (Å²) in [7, 11) is 0. The van der Waals surface area contributed by atoms with Crippen molar-refractivity contribution in [2.45, 2.75) is 65.0 Å². The number of ether oxygens (including phenoxy) is 6. The Morgan fingerprint density at radius 1 is 0.767 bits per heavy atom. The molecule has 0 spiro atoms. The van der Waals surface area contributed by atoms with Crippen LogP contribution in [0.3, 0.4) is 0 Å². The van der Waals surface area contributed by atoms with Gasteiger partial charge in [-0.1, -0.05) is 24.3 Å². The Hall–Kier alpha value is -4.82. The van der Waals surface area contributed by atoms with Crippen LogP contribution in [0, 0.1) is 0 Å². The van der Waals surface area contributed by atoms with E-state index >= 15 is 0 Å². The first-order chi connectivity index (χ1) is 20.3. The summed E-state index contributed by atoms with van der Waals surface area (Å²) in [5, 5.41) is 21.8. The molecule has 1 aliphatic carbocycles. The summed E-state index contributed by atoms with van der Waals surface area (Å²) in [4.78, 5) is 73.7. The third-order valence-electron chi connectivity index (χ3n) is 6.58. The standard InChI is InChI=1S/C29H28O14/c1-12(30)38-11-20-26(40-13(2)31)27(41-14(3)32)28(42-15(4)33)29(43-20)39-10-16-9-19(34)21-22(23(16)35)25(37)18-8-6-5-7-17(18)24(21)36/h5-9,20,26-29,34-35H,10-11H2,1-4H3/t20-,26-,27+,28+,29+/m1/s1. The van der Waals surface area contributed by atoms with Gasteiger partial charge in [-0.3, -0.25) is 28.8 Å². The Morgan fingerprint density at radius 3 is 1.86 bits per heavy atom. The molecule has 14 heteroatoms. The minimum Gasteiger partial charge on any atom is -0.507 e. The SMILES string of the molecule is CC(=O)OC[C@H]1O[C@H](OCc2cc(O)c3c(c2O)C(=O)c2ccccc2C3=O)[C@@H](OC(C)=O)[C@@H](OC(C)=O)[C@@H]1OC(C)=O. The zero-order chi connectivity index (χ0) is 31.6. The molecule has 0 aromatic heterocycles. The summed E-state index contributed by atoms with van der Waals surface area (Å²) < 4.78 is 32.7. The Balaban J connectivity index is 1.70. The lowest BCUT2D eigenvalue weighted by atomic mass is 9.82. The molecule has 5 atom stereocenters. The van der Waals surface area contributed by atoms with Gasteiger partial charge in [-0.25, -0.2) is 0 Å². The van der Waals surface area contributed by atoms with Crippen molar-refractivity contribution >= 4 is 35.4 Å². The third-order valence-corrected chi connectivity index (χ3v) is 6.58. The van der Waals surface area contributed by atoms with Gasteiger partial charge in [0.1, 0.15) is 24.2 Å². The van der Waals surface area contributed by atoms with Gasteiger partial charge in [0.2, 0.25) is 0 Å². The van der Waals surface area contributed by atoms with E-state index < -0.39 is 96.4 Å². The number of benzene rings is 2. The summed E-state index contributed by atoms with van der Waals surface area (Å²) in [6, 6.07) is 6.97. The van der Waals surface area contributed by atoms with Crippen LogP contribution in [0.2, 0.25) is 0 Å². The van der Waals surface area contributed by atoms with E-state index in [1.807, 2.05) is 0 Å². The summed E-state index contributed by atoms with van der Waals surface area (Å²) >= 11 is 0. The smallest absolute Gasteiger partial charge is 0.303 e. The Kier molecular flexibility index (Phi) is 9.11. The van der Waals surface area contributed by atoms with Gasteiger partial charge >= 0.3 is 23.9 Å². The minimum absolute atomic E-state index is 0.0346. The van der Waals surface area contributed by atoms with Crippen molar-refractivity contribution in [2.24, 2.45) is 0 Å². The molecule has 1 fully saturated rings. The molecule has 0 saturated carbocycles. The van der Waals surface area contributed by atoms with E-state index in [4.69, 9.17) is 28.4 Å². The van der Waals surface area contributed by atoms with Crippen LogP contribution in [0.1, 0.15) is 65.1 Å². The summed E-state index contributed by atoms with van der Waals surface area (Å²) in [5.74, 6) is -5.81. The Labute approximate surface area is 244 Å². The number of carbonyl (C=O) groups excluding carboxylic acids is 6. The number of ketones is 2. The average Bonchev–Trinajstić information content (AvgIpc) is 2.92. The summed E-state index contributed by atoms with van der Waals surface area (Å²) in [6.07, 6.45) is -7.31. The molecular weight excluding hydrogens is 572 g/mol. The molecule has 2 aromatic rings. The molecule has 0 amide bonds. The minimum atomic E-state index is -1.59. The topological polar surface area (TPSA) is 198 Å². The van der Waals surface area contributed by atoms with E-state index in [0.29, 0.717) is 0 Å². The highest BCUT2D eigenvalue weighted by molar-refractivity contribution is 6.30. The maximum atomic E-state index is 13.2. The molecule has 2 aromatic carbocycles. The summed E-state index contributed by atoms with van der Waals surface area (Å²) in [6.45, 7) is 3.24. The van der Waals surface area contributed by atoms with Crippen molar-refractivity contribution in [2.75, 3.05) is 6.61 Å². The van der Waals surface area contributed by atoms with Crippen LogP contribution in [0.25, 0.3) is 0 Å². The fourth-order valence-corrected chi connectivity index (χ4v) is 4.92. The number of phenolic OH excluding ortho intramolecular Hbond substituents is 2. The van der Waals surface area contributed by atoms with Gasteiger partial charge in [0.05, 0.1) is 17.7 Å². The molecule has 2 N–H and O–H groups in total. The van der Waals surface area contributed by atoms with Crippen molar-refractivity contribution in [3.05, 3.63) is 58.1 Å². The highest BCUT2D eigenvalue weighted by atomic mass is 16.7. The molecule has 228 valence electrons. The van der Waals surface area contributed by atoms with Crippen LogP contribution in [0.15, 0.2) is 30.3 Å². The largest absolute Gasteiger partial charge is 0.507 e. The molecular formula is C29H28O14.